The Balaban J connectivity index is 1.89. The third-order valence-electron chi connectivity index (χ3n) is 4.96. The monoisotopic (exact) mass is 466 g/mol. The summed E-state index contributed by atoms with van der Waals surface area (Å²) in [5, 5.41) is 1.57. The third-order valence-corrected chi connectivity index (χ3v) is 5.98. The van der Waals surface area contributed by atoms with Crippen molar-refractivity contribution in [3.8, 4) is 0 Å². The van der Waals surface area contributed by atoms with Crippen LogP contribution < -0.4 is 10.2 Å². The van der Waals surface area contributed by atoms with E-state index in [9.17, 15) is 19.2 Å². The molecule has 1 heterocycles. The Bertz CT molecular complexity index is 1070. The van der Waals surface area contributed by atoms with Crippen LogP contribution in [0.25, 0.3) is 6.08 Å². The fourth-order valence-electron chi connectivity index (χ4n) is 3.50. The molecule has 0 bridgehead atoms. The minimum atomic E-state index is -0.995. The lowest BCUT2D eigenvalue weighted by molar-refractivity contribution is -0.142. The lowest BCUT2D eigenvalue weighted by Crippen LogP contribution is -2.44. The first-order valence-electron chi connectivity index (χ1n) is 10.7. The number of thioether (sulfide) groups is 1. The van der Waals surface area contributed by atoms with Gasteiger partial charge >= 0.3 is 5.97 Å². The van der Waals surface area contributed by atoms with E-state index < -0.39 is 17.1 Å². The molecular weight excluding hydrogens is 440 g/mol. The summed E-state index contributed by atoms with van der Waals surface area (Å²) < 4.78 is 5.04. The topological polar surface area (TPSA) is 92.8 Å². The van der Waals surface area contributed by atoms with Crippen molar-refractivity contribution in [2.75, 3.05) is 18.1 Å². The van der Waals surface area contributed by atoms with Crippen LogP contribution in [0.4, 0.5) is 5.69 Å². The molecule has 172 valence electrons. The Morgan fingerprint density at radius 3 is 2.45 bits per heavy atom. The molecule has 0 unspecified atom stereocenters. The highest BCUT2D eigenvalue weighted by molar-refractivity contribution is 8.14. The number of ether oxygens (including phenoxy) is 1. The van der Waals surface area contributed by atoms with Crippen molar-refractivity contribution in [3.63, 3.8) is 0 Å². The summed E-state index contributed by atoms with van der Waals surface area (Å²) in [6.07, 6.45) is 2.46. The molecule has 0 spiro atoms. The fourth-order valence-corrected chi connectivity index (χ4v) is 4.31. The number of rotatable bonds is 8. The van der Waals surface area contributed by atoms with Gasteiger partial charge in [0.25, 0.3) is 0 Å². The van der Waals surface area contributed by atoms with Gasteiger partial charge in [-0.1, -0.05) is 60.3 Å². The van der Waals surface area contributed by atoms with Crippen LogP contribution in [-0.4, -0.2) is 41.3 Å². The normalized spacial score (nSPS) is 15.2. The number of carbonyl (C=O) groups is 4. The van der Waals surface area contributed by atoms with Crippen LogP contribution >= 0.6 is 11.8 Å². The highest BCUT2D eigenvalue weighted by Gasteiger charge is 2.35. The van der Waals surface area contributed by atoms with E-state index in [1.807, 2.05) is 30.3 Å². The Morgan fingerprint density at radius 1 is 1.06 bits per heavy atom. The predicted molar refractivity (Wildman–Crippen MR) is 128 cm³/mol. The van der Waals surface area contributed by atoms with E-state index in [-0.39, 0.29) is 30.6 Å². The van der Waals surface area contributed by atoms with Crippen LogP contribution in [0.2, 0.25) is 0 Å². The van der Waals surface area contributed by atoms with E-state index >= 15 is 0 Å². The molecule has 8 heteroatoms. The van der Waals surface area contributed by atoms with E-state index in [1.165, 1.54) is 11.8 Å². The maximum absolute atomic E-state index is 13.5. The van der Waals surface area contributed by atoms with Crippen LogP contribution in [0.5, 0.6) is 0 Å². The van der Waals surface area contributed by atoms with Gasteiger partial charge in [0.15, 0.2) is 5.12 Å². The third kappa shape index (κ3) is 6.55. The van der Waals surface area contributed by atoms with Gasteiger partial charge in [-0.05, 0) is 31.1 Å². The highest BCUT2D eigenvalue weighted by atomic mass is 32.2. The molecule has 7 nitrogen and oxygen atoms in total. The molecular formula is C25H26N2O5S. The molecule has 33 heavy (non-hydrogen) atoms. The van der Waals surface area contributed by atoms with E-state index in [4.69, 9.17) is 4.74 Å². The van der Waals surface area contributed by atoms with Crippen LogP contribution in [-0.2, 0) is 30.3 Å². The smallest absolute Gasteiger partial charge is 0.326 e. The standard InChI is InChI=1S/C25H26N2O5S/c1-3-32-23(30)16-27-21-12-8-7-11-19(21)15-20(24(25(27)31)33-17(2)28)26-22(29)14-13-18-9-5-4-6-10-18/h4-12,15,24H,3,13-14,16H2,1-2H3,(H,26,29)/t24-/m0/s1. The second-order valence-electron chi connectivity index (χ2n) is 7.41. The number of hydrogen-bond donors (Lipinski definition) is 1. The van der Waals surface area contributed by atoms with Crippen molar-refractivity contribution in [1.29, 1.82) is 0 Å². The first-order chi connectivity index (χ1) is 15.9. The summed E-state index contributed by atoms with van der Waals surface area (Å²) in [6, 6.07) is 16.7. The molecule has 0 saturated heterocycles. The minimum absolute atomic E-state index is 0.190. The molecule has 0 fully saturated rings. The van der Waals surface area contributed by atoms with Crippen LogP contribution in [0.15, 0.2) is 60.3 Å². The number of aryl methyl sites for hydroxylation is 1. The SMILES string of the molecule is CCOC(=O)CN1C(=O)[C@@H](SC(C)=O)C(NC(=O)CCc2ccccc2)=Cc2ccccc21. The first kappa shape index (κ1) is 24.3. The van der Waals surface area contributed by atoms with Gasteiger partial charge in [-0.3, -0.25) is 24.1 Å². The van der Waals surface area contributed by atoms with Crippen molar-refractivity contribution in [1.82, 2.24) is 5.32 Å². The molecule has 3 rings (SSSR count). The average Bonchev–Trinajstić information content (AvgIpc) is 2.89. The van der Waals surface area contributed by atoms with Gasteiger partial charge in [0.1, 0.15) is 11.8 Å². The summed E-state index contributed by atoms with van der Waals surface area (Å²) in [7, 11) is 0. The summed E-state index contributed by atoms with van der Waals surface area (Å²) >= 11 is 0.811. The van der Waals surface area contributed by atoms with Crippen molar-refractivity contribution in [3.05, 3.63) is 71.4 Å². The molecule has 1 aliphatic heterocycles. The number of nitrogens with one attached hydrogen (secondary N) is 1. The maximum Gasteiger partial charge on any atom is 0.326 e. The number of fused-ring (bicyclic) bond motifs is 1. The van der Waals surface area contributed by atoms with E-state index in [0.29, 0.717) is 23.4 Å². The molecule has 2 amide bonds. The quantitative estimate of drug-likeness (QED) is 0.600. The zero-order valence-electron chi connectivity index (χ0n) is 18.6. The summed E-state index contributed by atoms with van der Waals surface area (Å²) in [6.45, 7) is 2.95. The molecule has 0 radical (unpaired) electrons. The number of nitrogens with zero attached hydrogens (tertiary/aromatic N) is 1. The Kier molecular flexibility index (Phi) is 8.43. The lowest BCUT2D eigenvalue weighted by Gasteiger charge is -2.25. The molecule has 2 aromatic rings. The van der Waals surface area contributed by atoms with Gasteiger partial charge in [-0.15, -0.1) is 0 Å². The van der Waals surface area contributed by atoms with Crippen molar-refractivity contribution in [2.24, 2.45) is 0 Å². The second-order valence-corrected chi connectivity index (χ2v) is 8.69. The summed E-state index contributed by atoms with van der Waals surface area (Å²) in [4.78, 5) is 51.8. The molecule has 0 aliphatic carbocycles. The molecule has 0 saturated carbocycles. The van der Waals surface area contributed by atoms with Crippen LogP contribution in [0.3, 0.4) is 0 Å². The van der Waals surface area contributed by atoms with Gasteiger partial charge in [-0.2, -0.15) is 0 Å². The maximum atomic E-state index is 13.5. The fraction of sp³-hybridized carbons (Fsp3) is 0.280. The lowest BCUT2D eigenvalue weighted by atomic mass is 10.1. The Hall–Kier alpha value is -3.39. The second kappa shape index (κ2) is 11.5. The molecule has 2 aromatic carbocycles. The number of anilines is 1. The van der Waals surface area contributed by atoms with Gasteiger partial charge in [0, 0.05) is 24.6 Å². The van der Waals surface area contributed by atoms with Crippen LogP contribution in [0, 0.1) is 0 Å². The van der Waals surface area contributed by atoms with Crippen molar-refractivity contribution < 1.29 is 23.9 Å². The zero-order valence-corrected chi connectivity index (χ0v) is 19.4. The number of para-hydroxylation sites is 1. The molecule has 1 aliphatic rings. The van der Waals surface area contributed by atoms with Crippen molar-refractivity contribution in [2.45, 2.75) is 31.9 Å². The number of benzene rings is 2. The number of hydrogen-bond acceptors (Lipinski definition) is 6. The molecule has 1 N–H and O–H groups in total. The van der Waals surface area contributed by atoms with Gasteiger partial charge in [0.05, 0.1) is 12.3 Å². The van der Waals surface area contributed by atoms with Gasteiger partial charge in [0.2, 0.25) is 11.8 Å². The van der Waals surface area contributed by atoms with E-state index in [2.05, 4.69) is 5.32 Å². The Morgan fingerprint density at radius 2 is 1.76 bits per heavy atom. The van der Waals surface area contributed by atoms with E-state index in [0.717, 1.165) is 17.3 Å². The minimum Gasteiger partial charge on any atom is -0.465 e. The van der Waals surface area contributed by atoms with E-state index in [1.54, 1.807) is 37.3 Å². The van der Waals surface area contributed by atoms with Gasteiger partial charge in [-0.25, -0.2) is 0 Å². The summed E-state index contributed by atoms with van der Waals surface area (Å²) in [5.74, 6) is -1.28. The summed E-state index contributed by atoms with van der Waals surface area (Å²) in [5.41, 5.74) is 2.51. The van der Waals surface area contributed by atoms with Gasteiger partial charge < -0.3 is 10.1 Å². The van der Waals surface area contributed by atoms with Crippen molar-refractivity contribution >= 4 is 46.4 Å². The first-order valence-corrected chi connectivity index (χ1v) is 11.6. The number of esters is 1. The predicted octanol–water partition coefficient (Wildman–Crippen LogP) is 3.33. The largest absolute Gasteiger partial charge is 0.465 e. The zero-order chi connectivity index (χ0) is 23.8. The Labute approximate surface area is 197 Å². The molecule has 1 atom stereocenters. The highest BCUT2D eigenvalue weighted by Crippen LogP contribution is 2.33. The number of carbonyl (C=O) groups excluding carboxylic acids is 4. The number of amides is 2. The van der Waals surface area contributed by atoms with Crippen LogP contribution in [0.1, 0.15) is 31.4 Å². The average molecular weight is 467 g/mol. The molecule has 0 aromatic heterocycles.